The number of ether oxygens (including phenoxy) is 2. The number of rotatable bonds is 7. The molecule has 0 saturated carbocycles. The largest absolute Gasteiger partial charge is 0.497 e. The van der Waals surface area contributed by atoms with Crippen LogP contribution in [-0.2, 0) is 11.3 Å². The number of furan rings is 1. The molecular formula is C30H31NO4. The number of aryl methyl sites for hydroxylation is 3. The van der Waals surface area contributed by atoms with E-state index in [4.69, 9.17) is 13.9 Å². The molecule has 0 spiro atoms. The van der Waals surface area contributed by atoms with Crippen LogP contribution in [0.5, 0.6) is 11.5 Å². The summed E-state index contributed by atoms with van der Waals surface area (Å²) in [6.45, 7) is 8.53. The first-order valence-electron chi connectivity index (χ1n) is 11.6. The number of fused-ring (bicyclic) bond motifs is 1. The zero-order chi connectivity index (χ0) is 25.1. The van der Waals surface area contributed by atoms with Crippen LogP contribution in [-0.4, -0.2) is 20.1 Å². The molecule has 0 unspecified atom stereocenters. The molecule has 0 saturated heterocycles. The number of hydrogen-bond acceptors (Lipinski definition) is 4. The lowest BCUT2D eigenvalue weighted by molar-refractivity contribution is -0.116. The molecule has 0 radical (unpaired) electrons. The fourth-order valence-electron chi connectivity index (χ4n) is 4.45. The van der Waals surface area contributed by atoms with Gasteiger partial charge in [0.1, 0.15) is 17.1 Å². The van der Waals surface area contributed by atoms with Gasteiger partial charge in [-0.2, -0.15) is 0 Å². The molecule has 0 fully saturated rings. The number of benzene rings is 3. The third kappa shape index (κ3) is 4.94. The maximum absolute atomic E-state index is 12.7. The summed E-state index contributed by atoms with van der Waals surface area (Å²) in [6.07, 6.45) is 3.42. The summed E-state index contributed by atoms with van der Waals surface area (Å²) in [5.74, 6) is 1.32. The van der Waals surface area contributed by atoms with Gasteiger partial charge in [0.15, 0.2) is 0 Å². The average Bonchev–Trinajstić information content (AvgIpc) is 3.27. The van der Waals surface area contributed by atoms with Gasteiger partial charge < -0.3 is 19.2 Å². The summed E-state index contributed by atoms with van der Waals surface area (Å²) < 4.78 is 16.9. The molecule has 1 aromatic heterocycles. The molecule has 0 bridgehead atoms. The van der Waals surface area contributed by atoms with E-state index in [9.17, 15) is 4.79 Å². The second-order valence-electron chi connectivity index (χ2n) is 8.82. The molecule has 1 amide bonds. The Kier molecular flexibility index (Phi) is 6.97. The van der Waals surface area contributed by atoms with Crippen molar-refractivity contribution in [3.63, 3.8) is 0 Å². The molecule has 35 heavy (non-hydrogen) atoms. The van der Waals surface area contributed by atoms with Crippen LogP contribution in [0.15, 0.2) is 65.3 Å². The zero-order valence-corrected chi connectivity index (χ0v) is 21.1. The molecule has 3 aromatic carbocycles. The summed E-state index contributed by atoms with van der Waals surface area (Å²) in [5, 5.41) is 3.95. The quantitative estimate of drug-likeness (QED) is 0.304. The van der Waals surface area contributed by atoms with Gasteiger partial charge in [0, 0.05) is 34.7 Å². The van der Waals surface area contributed by atoms with Crippen molar-refractivity contribution in [1.82, 2.24) is 5.32 Å². The maximum Gasteiger partial charge on any atom is 0.244 e. The van der Waals surface area contributed by atoms with Gasteiger partial charge in [-0.1, -0.05) is 35.9 Å². The van der Waals surface area contributed by atoms with Crippen LogP contribution >= 0.6 is 0 Å². The van der Waals surface area contributed by atoms with Crippen LogP contribution in [0.4, 0.5) is 0 Å². The normalized spacial score (nSPS) is 11.5. The third-order valence-corrected chi connectivity index (χ3v) is 6.32. The highest BCUT2D eigenvalue weighted by atomic mass is 16.5. The fraction of sp³-hybridized carbons (Fsp3) is 0.233. The molecule has 1 heterocycles. The Labute approximate surface area is 206 Å². The van der Waals surface area contributed by atoms with E-state index in [2.05, 4.69) is 43.4 Å². The number of allylic oxidation sites excluding steroid dienone is 1. The van der Waals surface area contributed by atoms with E-state index in [-0.39, 0.29) is 5.91 Å². The number of carbonyl (C=O) groups is 1. The molecule has 0 aliphatic heterocycles. The minimum Gasteiger partial charge on any atom is -0.497 e. The highest BCUT2D eigenvalue weighted by Gasteiger charge is 2.19. The summed E-state index contributed by atoms with van der Waals surface area (Å²) in [7, 11) is 3.27. The van der Waals surface area contributed by atoms with Gasteiger partial charge in [0.05, 0.1) is 20.5 Å². The van der Waals surface area contributed by atoms with Gasteiger partial charge in [-0.25, -0.2) is 0 Å². The van der Waals surface area contributed by atoms with E-state index in [1.54, 1.807) is 26.6 Å². The predicted molar refractivity (Wildman–Crippen MR) is 141 cm³/mol. The Morgan fingerprint density at radius 1 is 0.971 bits per heavy atom. The van der Waals surface area contributed by atoms with Crippen molar-refractivity contribution in [2.24, 2.45) is 0 Å². The van der Waals surface area contributed by atoms with E-state index in [1.807, 2.05) is 38.1 Å². The van der Waals surface area contributed by atoms with Crippen molar-refractivity contribution in [3.05, 3.63) is 88.7 Å². The van der Waals surface area contributed by atoms with Gasteiger partial charge in [0.25, 0.3) is 0 Å². The highest BCUT2D eigenvalue weighted by molar-refractivity contribution is 6.02. The maximum atomic E-state index is 12.7. The van der Waals surface area contributed by atoms with Crippen molar-refractivity contribution in [3.8, 4) is 22.6 Å². The van der Waals surface area contributed by atoms with E-state index in [1.165, 1.54) is 11.1 Å². The number of amides is 1. The molecule has 4 rings (SSSR count). The third-order valence-electron chi connectivity index (χ3n) is 6.32. The van der Waals surface area contributed by atoms with Gasteiger partial charge >= 0.3 is 0 Å². The van der Waals surface area contributed by atoms with Crippen LogP contribution in [0.25, 0.3) is 27.7 Å². The fourth-order valence-corrected chi connectivity index (χ4v) is 4.45. The summed E-state index contributed by atoms with van der Waals surface area (Å²) >= 11 is 0. The van der Waals surface area contributed by atoms with Crippen molar-refractivity contribution < 1.29 is 18.7 Å². The number of hydrogen-bond donors (Lipinski definition) is 1. The summed E-state index contributed by atoms with van der Waals surface area (Å²) in [6, 6.07) is 16.1. The first-order valence-corrected chi connectivity index (χ1v) is 11.6. The Morgan fingerprint density at radius 2 is 1.71 bits per heavy atom. The summed E-state index contributed by atoms with van der Waals surface area (Å²) in [5.41, 5.74) is 8.93. The van der Waals surface area contributed by atoms with Crippen molar-refractivity contribution in [1.29, 1.82) is 0 Å². The van der Waals surface area contributed by atoms with Crippen molar-refractivity contribution in [2.75, 3.05) is 14.2 Å². The first kappa shape index (κ1) is 24.1. The van der Waals surface area contributed by atoms with Crippen LogP contribution in [0.1, 0.15) is 34.7 Å². The zero-order valence-electron chi connectivity index (χ0n) is 21.1. The summed E-state index contributed by atoms with van der Waals surface area (Å²) in [4.78, 5) is 12.7. The second kappa shape index (κ2) is 10.1. The molecule has 5 heteroatoms. The molecular weight excluding hydrogens is 438 g/mol. The predicted octanol–water partition coefficient (Wildman–Crippen LogP) is 6.76. The van der Waals surface area contributed by atoms with Crippen LogP contribution in [0.3, 0.4) is 0 Å². The van der Waals surface area contributed by atoms with Crippen molar-refractivity contribution in [2.45, 2.75) is 34.2 Å². The Hall–Kier alpha value is -3.99. The minimum absolute atomic E-state index is 0.167. The van der Waals surface area contributed by atoms with Gasteiger partial charge in [0.2, 0.25) is 5.91 Å². The lowest BCUT2D eigenvalue weighted by Crippen LogP contribution is -2.20. The van der Waals surface area contributed by atoms with Gasteiger partial charge in [-0.15, -0.1) is 0 Å². The molecule has 0 atom stereocenters. The lowest BCUT2D eigenvalue weighted by atomic mass is 9.94. The smallest absolute Gasteiger partial charge is 0.244 e. The SMILES string of the molecule is COc1ccc(CNC(=O)/C=C(\C)c2cc3c(-c4ccc(C)cc4C)coc3c(C)c2OC)cc1. The van der Waals surface area contributed by atoms with E-state index < -0.39 is 0 Å². The number of carbonyl (C=O) groups excluding carboxylic acids is 1. The van der Waals surface area contributed by atoms with Gasteiger partial charge in [-0.05, 0) is 68.2 Å². The Bertz CT molecular complexity index is 1410. The molecule has 180 valence electrons. The van der Waals surface area contributed by atoms with E-state index >= 15 is 0 Å². The lowest BCUT2D eigenvalue weighted by Gasteiger charge is -2.14. The molecule has 0 aliphatic rings. The molecule has 1 N–H and O–H groups in total. The molecule has 4 aromatic rings. The van der Waals surface area contributed by atoms with Crippen LogP contribution in [0, 0.1) is 20.8 Å². The van der Waals surface area contributed by atoms with E-state index in [0.717, 1.165) is 50.1 Å². The first-order chi connectivity index (χ1) is 16.8. The van der Waals surface area contributed by atoms with Gasteiger partial charge in [-0.3, -0.25) is 4.79 Å². The minimum atomic E-state index is -0.167. The number of methoxy groups -OCH3 is 2. The molecule has 0 aliphatic carbocycles. The molecule has 5 nitrogen and oxygen atoms in total. The topological polar surface area (TPSA) is 60.7 Å². The number of nitrogens with one attached hydrogen (secondary N) is 1. The van der Waals surface area contributed by atoms with Crippen molar-refractivity contribution >= 4 is 22.4 Å². The highest BCUT2D eigenvalue weighted by Crippen LogP contribution is 2.41. The Morgan fingerprint density at radius 3 is 2.37 bits per heavy atom. The monoisotopic (exact) mass is 469 g/mol. The second-order valence-corrected chi connectivity index (χ2v) is 8.82. The van der Waals surface area contributed by atoms with Crippen LogP contribution < -0.4 is 14.8 Å². The van der Waals surface area contributed by atoms with Crippen LogP contribution in [0.2, 0.25) is 0 Å². The standard InChI is InChI=1S/C30H31NO4/c1-18-7-12-24(19(2)13-18)27-17-35-30-21(4)29(34-6)25(15-26(27)30)20(3)14-28(32)31-16-22-8-10-23(33-5)11-9-22/h7-15,17H,16H2,1-6H3,(H,31,32)/b20-14+. The Balaban J connectivity index is 1.67. The van der Waals surface area contributed by atoms with E-state index in [0.29, 0.717) is 12.3 Å². The average molecular weight is 470 g/mol.